The highest BCUT2D eigenvalue weighted by atomic mass is 31.2. The molecule has 236 valence electrons. The van der Waals surface area contributed by atoms with Crippen LogP contribution in [0.5, 0.6) is 11.6 Å². The number of carbonyl (C=O) groups is 1. The van der Waals surface area contributed by atoms with E-state index in [9.17, 15) is 19.7 Å². The van der Waals surface area contributed by atoms with Crippen molar-refractivity contribution in [1.82, 2.24) is 24.6 Å². The average Bonchev–Trinajstić information content (AvgIpc) is 3.54. The van der Waals surface area contributed by atoms with Crippen molar-refractivity contribution in [3.63, 3.8) is 0 Å². The summed E-state index contributed by atoms with van der Waals surface area (Å²) < 4.78 is 44.0. The number of hydrogen-bond acceptors (Lipinski definition) is 13. The van der Waals surface area contributed by atoms with Gasteiger partial charge in [0.1, 0.15) is 35.5 Å². The van der Waals surface area contributed by atoms with Gasteiger partial charge in [0.15, 0.2) is 17.4 Å². The molecule has 15 nitrogen and oxygen atoms in total. The molecule has 6 unspecified atom stereocenters. The predicted octanol–water partition coefficient (Wildman–Crippen LogP) is 3.26. The van der Waals surface area contributed by atoms with E-state index in [0.29, 0.717) is 0 Å². The number of hydrogen-bond donors (Lipinski definition) is 3. The number of nitrogens with zero attached hydrogens (tertiary/aromatic N) is 5. The predicted molar refractivity (Wildman–Crippen MR) is 156 cm³/mol. The van der Waals surface area contributed by atoms with E-state index in [0.717, 1.165) is 32.1 Å². The first-order chi connectivity index (χ1) is 21.1. The number of nitrogens with two attached hydrogens (primary N) is 1. The van der Waals surface area contributed by atoms with E-state index in [1.54, 1.807) is 30.3 Å². The van der Waals surface area contributed by atoms with Crippen molar-refractivity contribution in [2.75, 3.05) is 19.5 Å². The Morgan fingerprint density at radius 2 is 2.02 bits per heavy atom. The number of aromatic nitrogens is 4. The Morgan fingerprint density at radius 3 is 2.70 bits per heavy atom. The smallest absolute Gasteiger partial charge is 0.459 e. The third-order valence-corrected chi connectivity index (χ3v) is 9.44. The van der Waals surface area contributed by atoms with Gasteiger partial charge in [0, 0.05) is 0 Å². The molecule has 3 heterocycles. The number of aliphatic hydroxyl groups excluding tert-OH is 1. The van der Waals surface area contributed by atoms with E-state index in [1.807, 2.05) is 0 Å². The molecule has 0 spiro atoms. The van der Waals surface area contributed by atoms with Crippen molar-refractivity contribution < 1.29 is 37.7 Å². The molecule has 16 heteroatoms. The lowest BCUT2D eigenvalue weighted by molar-refractivity contribution is -0.152. The van der Waals surface area contributed by atoms with E-state index in [2.05, 4.69) is 26.1 Å². The van der Waals surface area contributed by atoms with E-state index < -0.39 is 50.2 Å². The van der Waals surface area contributed by atoms with Crippen molar-refractivity contribution in [2.45, 2.75) is 76.5 Å². The van der Waals surface area contributed by atoms with Crippen LogP contribution < -0.4 is 20.1 Å². The van der Waals surface area contributed by atoms with Crippen LogP contribution in [0.2, 0.25) is 0 Å². The van der Waals surface area contributed by atoms with E-state index in [1.165, 1.54) is 31.9 Å². The normalized spacial score (nSPS) is 26.0. The molecular weight excluding hydrogens is 593 g/mol. The largest absolute Gasteiger partial charge is 0.479 e. The lowest BCUT2D eigenvalue weighted by Gasteiger charge is -2.27. The zero-order valence-electron chi connectivity index (χ0n) is 24.7. The summed E-state index contributed by atoms with van der Waals surface area (Å²) in [7, 11) is -2.86. The van der Waals surface area contributed by atoms with Crippen LogP contribution in [0.1, 0.15) is 52.2 Å². The van der Waals surface area contributed by atoms with Crippen LogP contribution in [0.4, 0.5) is 5.95 Å². The number of ether oxygens (including phenoxy) is 3. The van der Waals surface area contributed by atoms with Gasteiger partial charge in [0.05, 0.1) is 26.1 Å². The maximum Gasteiger partial charge on any atom is 0.459 e. The summed E-state index contributed by atoms with van der Waals surface area (Å²) in [5, 5.41) is 24.1. The Labute approximate surface area is 254 Å². The molecule has 1 aliphatic carbocycles. The van der Waals surface area contributed by atoms with Crippen molar-refractivity contribution in [2.24, 2.45) is 5.41 Å². The summed E-state index contributed by atoms with van der Waals surface area (Å²) in [5.74, 6) is -0.325. The number of rotatable bonds is 11. The van der Waals surface area contributed by atoms with Gasteiger partial charge in [0.2, 0.25) is 11.8 Å². The molecule has 2 aromatic heterocycles. The van der Waals surface area contributed by atoms with Crippen molar-refractivity contribution in [3.8, 4) is 17.7 Å². The number of benzene rings is 1. The van der Waals surface area contributed by atoms with Crippen molar-refractivity contribution in [3.05, 3.63) is 36.7 Å². The third-order valence-electron chi connectivity index (χ3n) is 7.79. The number of imidazole rings is 1. The lowest BCUT2D eigenvalue weighted by Crippen LogP contribution is -2.39. The van der Waals surface area contributed by atoms with Gasteiger partial charge in [-0.2, -0.15) is 20.3 Å². The van der Waals surface area contributed by atoms with Gasteiger partial charge >= 0.3 is 13.7 Å². The second kappa shape index (κ2) is 13.1. The summed E-state index contributed by atoms with van der Waals surface area (Å²) in [4.78, 5) is 25.4. The van der Waals surface area contributed by atoms with E-state index in [4.69, 9.17) is 29.0 Å². The zero-order valence-corrected chi connectivity index (χ0v) is 25.6. The first-order valence-electron chi connectivity index (χ1n) is 14.3. The van der Waals surface area contributed by atoms with Crippen molar-refractivity contribution in [1.29, 1.82) is 5.26 Å². The van der Waals surface area contributed by atoms with E-state index in [-0.39, 0.29) is 34.8 Å². The van der Waals surface area contributed by atoms with E-state index >= 15 is 0 Å². The van der Waals surface area contributed by atoms with Crippen LogP contribution in [0.25, 0.3) is 11.2 Å². The summed E-state index contributed by atoms with van der Waals surface area (Å²) in [6.45, 7) is 2.55. The molecule has 1 saturated carbocycles. The highest BCUT2D eigenvalue weighted by molar-refractivity contribution is 7.52. The second-order valence-corrected chi connectivity index (χ2v) is 12.7. The molecule has 1 aromatic carbocycles. The van der Waals surface area contributed by atoms with Gasteiger partial charge in [-0.1, -0.05) is 24.6 Å². The van der Waals surface area contributed by atoms with Gasteiger partial charge in [-0.3, -0.25) is 13.9 Å². The molecule has 0 bridgehead atoms. The van der Waals surface area contributed by atoms with Crippen LogP contribution in [0, 0.1) is 16.7 Å². The Kier molecular flexibility index (Phi) is 9.38. The number of nitrogen functional groups attached to an aromatic ring is 1. The first-order valence-corrected chi connectivity index (χ1v) is 15.9. The number of nitriles is 1. The Bertz CT molecular complexity index is 1560. The molecule has 2 fully saturated rings. The minimum Gasteiger partial charge on any atom is -0.479 e. The zero-order chi connectivity index (χ0) is 31.5. The fourth-order valence-corrected chi connectivity index (χ4v) is 6.86. The Hall–Kier alpha value is -3.80. The summed E-state index contributed by atoms with van der Waals surface area (Å²) >= 11 is 0. The minimum atomic E-state index is -4.27. The van der Waals surface area contributed by atoms with Gasteiger partial charge in [0.25, 0.3) is 0 Å². The number of carbonyl (C=O) groups excluding carboxylic acids is 1. The molecule has 0 radical (unpaired) electrons. The van der Waals surface area contributed by atoms with Crippen molar-refractivity contribution >= 4 is 30.8 Å². The quantitative estimate of drug-likeness (QED) is 0.206. The molecule has 6 atom stereocenters. The number of esters is 1. The number of para-hydroxylation sites is 1. The average molecular weight is 630 g/mol. The first kappa shape index (κ1) is 31.6. The van der Waals surface area contributed by atoms with Crippen LogP contribution >= 0.6 is 7.75 Å². The molecule has 5 rings (SSSR count). The third kappa shape index (κ3) is 6.50. The number of fused-ring (bicyclic) bond motifs is 1. The molecule has 1 aliphatic heterocycles. The molecule has 44 heavy (non-hydrogen) atoms. The number of anilines is 1. The fraction of sp³-hybridized carbons (Fsp3) is 0.536. The number of aliphatic hydroxyl groups is 1. The Morgan fingerprint density at radius 1 is 1.30 bits per heavy atom. The summed E-state index contributed by atoms with van der Waals surface area (Å²) in [6, 6.07) is 9.38. The maximum atomic E-state index is 14.1. The monoisotopic (exact) mass is 629 g/mol. The fourth-order valence-electron chi connectivity index (χ4n) is 5.36. The molecule has 2 aliphatic rings. The molecule has 1 saturated heterocycles. The van der Waals surface area contributed by atoms with Crippen LogP contribution in [-0.2, 0) is 23.4 Å². The maximum absolute atomic E-state index is 14.1. The van der Waals surface area contributed by atoms with Crippen LogP contribution in [0.3, 0.4) is 0 Å². The highest BCUT2D eigenvalue weighted by Gasteiger charge is 2.56. The molecule has 0 amide bonds. The Balaban J connectivity index is 1.35. The molecule has 4 N–H and O–H groups in total. The standard InChI is InChI=1S/C28H36N7O8P/c1-17(25(37)41-18-10-6-4-7-11-18)34-44(38,43-19-12-8-5-9-13-19)40-14-20-22(36)28(2,15-29)26(42-20)35-16-31-21-23(35)32-27(30)33-24(21)39-3/h5,8-9,12-13,16-18,20,22,26,36H,4,6-7,10-11,14H2,1-3H3,(H,34,38)(H2,30,32,33). The van der Waals surface area contributed by atoms with Gasteiger partial charge < -0.3 is 29.6 Å². The van der Waals surface area contributed by atoms with Crippen LogP contribution in [-0.4, -0.2) is 68.7 Å². The van der Waals surface area contributed by atoms with Gasteiger partial charge in [-0.05, 0) is 51.7 Å². The molecule has 3 aromatic rings. The number of methoxy groups -OCH3 is 1. The van der Waals surface area contributed by atoms with Gasteiger partial charge in [-0.15, -0.1) is 0 Å². The minimum absolute atomic E-state index is 0.0885. The topological polar surface area (TPSA) is 206 Å². The summed E-state index contributed by atoms with van der Waals surface area (Å²) in [5.41, 5.74) is 4.82. The number of nitrogens with one attached hydrogen (secondary N) is 1. The highest BCUT2D eigenvalue weighted by Crippen LogP contribution is 2.49. The molecular formula is C28H36N7O8P. The lowest BCUT2D eigenvalue weighted by atomic mass is 9.84. The van der Waals surface area contributed by atoms with Gasteiger partial charge in [-0.25, -0.2) is 9.55 Å². The second-order valence-electron chi connectivity index (χ2n) is 11.0. The summed E-state index contributed by atoms with van der Waals surface area (Å²) in [6.07, 6.45) is 2.13. The SMILES string of the molecule is COc1nc(N)nc2c1ncn2C1OC(COP(=O)(NC(C)C(=O)OC2CCCCC2)Oc2ccccc2)C(O)C1(C)C#N. The van der Waals surface area contributed by atoms with Crippen LogP contribution in [0.15, 0.2) is 36.7 Å².